The summed E-state index contributed by atoms with van der Waals surface area (Å²) in [6, 6.07) is 3.19. The Labute approximate surface area is 117 Å². The summed E-state index contributed by atoms with van der Waals surface area (Å²) in [5.41, 5.74) is 1.33. The lowest BCUT2D eigenvalue weighted by Crippen LogP contribution is -2.35. The number of hydrogen-bond acceptors (Lipinski definition) is 3. The predicted molar refractivity (Wildman–Crippen MR) is 80.4 cm³/mol. The van der Waals surface area contributed by atoms with Crippen LogP contribution in [0, 0.1) is 0 Å². The van der Waals surface area contributed by atoms with Crippen LogP contribution >= 0.6 is 34.7 Å². The zero-order chi connectivity index (χ0) is 12.3. The average Bonchev–Trinajstić information content (AvgIpc) is 2.77. The third-order valence-electron chi connectivity index (χ3n) is 3.58. The molecule has 0 spiro atoms. The number of nitrogens with one attached hydrogen (secondary N) is 1. The topological polar surface area (TPSA) is 12.0 Å². The Morgan fingerprint density at radius 1 is 1.41 bits per heavy atom. The minimum absolute atomic E-state index is 0.426. The SMILES string of the molecule is CSC1CCC(NC(C)c2csc(Cl)c2)CC1. The van der Waals surface area contributed by atoms with Gasteiger partial charge in [0, 0.05) is 17.3 Å². The molecule has 1 unspecified atom stereocenters. The van der Waals surface area contributed by atoms with Crippen molar-refractivity contribution in [2.75, 3.05) is 6.26 Å². The van der Waals surface area contributed by atoms with E-state index in [4.69, 9.17) is 11.6 Å². The first-order valence-corrected chi connectivity index (χ1v) is 8.76. The molecular formula is C13H20ClNS2. The summed E-state index contributed by atoms with van der Waals surface area (Å²) in [5, 5.41) is 6.78. The van der Waals surface area contributed by atoms with E-state index in [2.05, 4.69) is 29.9 Å². The molecule has 17 heavy (non-hydrogen) atoms. The Hall–Kier alpha value is 0.300. The standard InChI is InChI=1S/C13H20ClNS2/c1-9(10-7-13(14)17-8-10)15-11-3-5-12(16-2)6-4-11/h7-9,11-12,15H,3-6H2,1-2H3. The highest BCUT2D eigenvalue weighted by Crippen LogP contribution is 2.29. The van der Waals surface area contributed by atoms with Crippen molar-refractivity contribution in [3.05, 3.63) is 21.3 Å². The van der Waals surface area contributed by atoms with Crippen molar-refractivity contribution in [1.29, 1.82) is 0 Å². The fraction of sp³-hybridized carbons (Fsp3) is 0.692. The first-order chi connectivity index (χ1) is 8.19. The summed E-state index contributed by atoms with van der Waals surface area (Å²) in [7, 11) is 0. The normalized spacial score (nSPS) is 27.0. The maximum atomic E-state index is 5.97. The van der Waals surface area contributed by atoms with E-state index < -0.39 is 0 Å². The van der Waals surface area contributed by atoms with Crippen LogP contribution in [0.3, 0.4) is 0 Å². The minimum Gasteiger partial charge on any atom is -0.307 e. The molecule has 1 aliphatic carbocycles. The van der Waals surface area contributed by atoms with E-state index in [0.29, 0.717) is 12.1 Å². The highest BCUT2D eigenvalue weighted by atomic mass is 35.5. The number of hydrogen-bond donors (Lipinski definition) is 1. The summed E-state index contributed by atoms with van der Waals surface area (Å²) in [4.78, 5) is 0. The van der Waals surface area contributed by atoms with Crippen molar-refractivity contribution in [2.24, 2.45) is 0 Å². The molecule has 1 heterocycles. The smallest absolute Gasteiger partial charge is 0.0931 e. The monoisotopic (exact) mass is 289 g/mol. The maximum absolute atomic E-state index is 5.97. The van der Waals surface area contributed by atoms with Crippen LogP contribution in [-0.2, 0) is 0 Å². The molecule has 1 aromatic heterocycles. The van der Waals surface area contributed by atoms with Gasteiger partial charge in [-0.15, -0.1) is 11.3 Å². The van der Waals surface area contributed by atoms with Gasteiger partial charge in [-0.3, -0.25) is 0 Å². The molecule has 96 valence electrons. The quantitative estimate of drug-likeness (QED) is 0.860. The van der Waals surface area contributed by atoms with E-state index in [-0.39, 0.29) is 0 Å². The molecule has 4 heteroatoms. The molecular weight excluding hydrogens is 270 g/mol. The summed E-state index contributed by atoms with van der Waals surface area (Å²) >= 11 is 9.62. The molecule has 1 aliphatic rings. The van der Waals surface area contributed by atoms with E-state index in [0.717, 1.165) is 9.59 Å². The number of rotatable bonds is 4. The number of halogens is 1. The zero-order valence-corrected chi connectivity index (χ0v) is 12.8. The van der Waals surface area contributed by atoms with E-state index in [1.807, 2.05) is 11.8 Å². The van der Waals surface area contributed by atoms with E-state index in [1.54, 1.807) is 11.3 Å². The van der Waals surface area contributed by atoms with E-state index in [9.17, 15) is 0 Å². The molecule has 1 atom stereocenters. The van der Waals surface area contributed by atoms with Gasteiger partial charge < -0.3 is 5.32 Å². The van der Waals surface area contributed by atoms with Crippen LogP contribution in [0.1, 0.15) is 44.2 Å². The molecule has 0 aromatic carbocycles. The van der Waals surface area contributed by atoms with Crippen molar-refractivity contribution < 1.29 is 0 Å². The highest BCUT2D eigenvalue weighted by molar-refractivity contribution is 7.99. The van der Waals surface area contributed by atoms with Gasteiger partial charge in [0.1, 0.15) is 0 Å². The number of thioether (sulfide) groups is 1. The molecule has 1 fully saturated rings. The van der Waals surface area contributed by atoms with Gasteiger partial charge in [-0.1, -0.05) is 11.6 Å². The fourth-order valence-electron chi connectivity index (χ4n) is 2.47. The Balaban J connectivity index is 1.81. The lowest BCUT2D eigenvalue weighted by molar-refractivity contribution is 0.352. The van der Waals surface area contributed by atoms with Crippen LogP contribution in [0.15, 0.2) is 11.4 Å². The van der Waals surface area contributed by atoms with Crippen LogP contribution < -0.4 is 5.32 Å². The summed E-state index contributed by atoms with van der Waals surface area (Å²) in [6.07, 6.45) is 7.57. The van der Waals surface area contributed by atoms with Crippen molar-refractivity contribution in [2.45, 2.75) is 49.9 Å². The second-order valence-electron chi connectivity index (χ2n) is 4.78. The van der Waals surface area contributed by atoms with Crippen molar-refractivity contribution in [1.82, 2.24) is 5.32 Å². The van der Waals surface area contributed by atoms with Crippen LogP contribution in [0.2, 0.25) is 4.34 Å². The summed E-state index contributed by atoms with van der Waals surface area (Å²) < 4.78 is 0.889. The van der Waals surface area contributed by atoms with Crippen LogP contribution in [-0.4, -0.2) is 17.5 Å². The molecule has 0 bridgehead atoms. The van der Waals surface area contributed by atoms with Crippen molar-refractivity contribution in [3.8, 4) is 0 Å². The molecule has 1 N–H and O–H groups in total. The highest BCUT2D eigenvalue weighted by Gasteiger charge is 2.21. The molecule has 0 aliphatic heterocycles. The Morgan fingerprint density at radius 2 is 2.12 bits per heavy atom. The van der Waals surface area contributed by atoms with Crippen molar-refractivity contribution in [3.63, 3.8) is 0 Å². The molecule has 1 aromatic rings. The zero-order valence-electron chi connectivity index (χ0n) is 10.4. The second-order valence-corrected chi connectivity index (χ2v) is 7.46. The van der Waals surface area contributed by atoms with Gasteiger partial charge in [0.05, 0.1) is 4.34 Å². The Morgan fingerprint density at radius 3 is 2.65 bits per heavy atom. The molecule has 0 saturated heterocycles. The largest absolute Gasteiger partial charge is 0.307 e. The van der Waals surface area contributed by atoms with Crippen LogP contribution in [0.25, 0.3) is 0 Å². The average molecular weight is 290 g/mol. The van der Waals surface area contributed by atoms with Gasteiger partial charge in [-0.2, -0.15) is 11.8 Å². The summed E-state index contributed by atoms with van der Waals surface area (Å²) in [6.45, 7) is 2.24. The molecule has 0 amide bonds. The van der Waals surface area contributed by atoms with Gasteiger partial charge in [0.2, 0.25) is 0 Å². The maximum Gasteiger partial charge on any atom is 0.0931 e. The molecule has 2 rings (SSSR count). The van der Waals surface area contributed by atoms with Gasteiger partial charge in [0.15, 0.2) is 0 Å². The predicted octanol–water partition coefficient (Wildman–Crippen LogP) is 4.73. The van der Waals surface area contributed by atoms with E-state index in [1.165, 1.54) is 31.2 Å². The van der Waals surface area contributed by atoms with Gasteiger partial charge >= 0.3 is 0 Å². The first kappa shape index (κ1) is 13.7. The minimum atomic E-state index is 0.426. The Bertz CT molecular complexity index is 345. The molecule has 0 radical (unpaired) electrons. The lowest BCUT2D eigenvalue weighted by atomic mass is 9.94. The lowest BCUT2D eigenvalue weighted by Gasteiger charge is -2.30. The van der Waals surface area contributed by atoms with Gasteiger partial charge in [-0.25, -0.2) is 0 Å². The fourth-order valence-corrected chi connectivity index (χ4v) is 4.19. The van der Waals surface area contributed by atoms with Crippen LogP contribution in [0.4, 0.5) is 0 Å². The third kappa shape index (κ3) is 3.88. The second kappa shape index (κ2) is 6.46. The van der Waals surface area contributed by atoms with Crippen molar-refractivity contribution >= 4 is 34.7 Å². The van der Waals surface area contributed by atoms with E-state index >= 15 is 0 Å². The summed E-state index contributed by atoms with van der Waals surface area (Å²) in [5.74, 6) is 0. The van der Waals surface area contributed by atoms with Gasteiger partial charge in [0.25, 0.3) is 0 Å². The van der Waals surface area contributed by atoms with Gasteiger partial charge in [-0.05, 0) is 55.9 Å². The molecule has 1 nitrogen and oxygen atoms in total. The molecule has 1 saturated carbocycles. The first-order valence-electron chi connectivity index (χ1n) is 6.22. The third-order valence-corrected chi connectivity index (χ3v) is 5.83. The van der Waals surface area contributed by atoms with Crippen LogP contribution in [0.5, 0.6) is 0 Å². The number of thiophene rings is 1. The Kier molecular flexibility index (Phi) is 5.22.